The zero-order valence-electron chi connectivity index (χ0n) is 13.1. The van der Waals surface area contributed by atoms with Gasteiger partial charge in [0.2, 0.25) is 0 Å². The van der Waals surface area contributed by atoms with Crippen molar-refractivity contribution in [2.24, 2.45) is 0 Å². The zero-order chi connectivity index (χ0) is 15.2. The van der Waals surface area contributed by atoms with Gasteiger partial charge < -0.3 is 4.74 Å². The van der Waals surface area contributed by atoms with Gasteiger partial charge in [-0.05, 0) is 26.7 Å². The fraction of sp³-hybridized carbons (Fsp3) is 1.00. The molecule has 6 nitrogen and oxygen atoms in total. The maximum atomic E-state index is 12.2. The van der Waals surface area contributed by atoms with Gasteiger partial charge in [-0.3, -0.25) is 4.90 Å². The van der Waals surface area contributed by atoms with Gasteiger partial charge in [-0.25, -0.2) is 4.72 Å². The van der Waals surface area contributed by atoms with Crippen molar-refractivity contribution >= 4 is 10.2 Å². The highest BCUT2D eigenvalue weighted by Crippen LogP contribution is 2.18. The topological polar surface area (TPSA) is 61.9 Å². The molecule has 0 aromatic carbocycles. The molecule has 2 unspecified atom stereocenters. The van der Waals surface area contributed by atoms with Crippen molar-refractivity contribution in [1.29, 1.82) is 0 Å². The zero-order valence-corrected chi connectivity index (χ0v) is 13.9. The Labute approximate surface area is 123 Å². The summed E-state index contributed by atoms with van der Waals surface area (Å²) in [5, 5.41) is 0. The Morgan fingerprint density at radius 1 is 1.25 bits per heavy atom. The standard InChI is InChI=1S/C13H29N3O3S/c1-5-7-14-20(17,18)15-10-12(2)16(13(3)11-15)8-6-9-19-4/h12-14H,5-11H2,1-4H3. The average molecular weight is 307 g/mol. The Bertz CT molecular complexity index is 363. The molecule has 0 aromatic heterocycles. The first-order valence-corrected chi connectivity index (χ1v) is 8.85. The van der Waals surface area contributed by atoms with Crippen LogP contribution in [0.25, 0.3) is 0 Å². The highest BCUT2D eigenvalue weighted by molar-refractivity contribution is 7.87. The number of nitrogens with one attached hydrogen (secondary N) is 1. The lowest BCUT2D eigenvalue weighted by molar-refractivity contribution is 0.0661. The first-order chi connectivity index (χ1) is 9.42. The molecule has 1 aliphatic rings. The van der Waals surface area contributed by atoms with Crippen molar-refractivity contribution in [3.05, 3.63) is 0 Å². The molecule has 0 amide bonds. The first kappa shape index (κ1) is 17.8. The Hall–Kier alpha value is -0.210. The molecule has 1 N–H and O–H groups in total. The van der Waals surface area contributed by atoms with E-state index in [9.17, 15) is 8.42 Å². The summed E-state index contributed by atoms with van der Waals surface area (Å²) in [6.07, 6.45) is 1.79. The van der Waals surface area contributed by atoms with Gasteiger partial charge in [0, 0.05) is 52.0 Å². The molecule has 0 radical (unpaired) electrons. The summed E-state index contributed by atoms with van der Waals surface area (Å²) in [6.45, 7) is 9.44. The van der Waals surface area contributed by atoms with Gasteiger partial charge >= 0.3 is 0 Å². The van der Waals surface area contributed by atoms with E-state index in [1.807, 2.05) is 6.92 Å². The second-order valence-corrected chi connectivity index (χ2v) is 7.25. The minimum absolute atomic E-state index is 0.230. The molecule has 0 aliphatic carbocycles. The Morgan fingerprint density at radius 2 is 1.85 bits per heavy atom. The molecule has 1 rings (SSSR count). The van der Waals surface area contributed by atoms with Crippen molar-refractivity contribution in [2.45, 2.75) is 45.7 Å². The van der Waals surface area contributed by atoms with Gasteiger partial charge in [-0.2, -0.15) is 12.7 Å². The van der Waals surface area contributed by atoms with E-state index in [1.165, 1.54) is 0 Å². The molecule has 7 heteroatoms. The predicted molar refractivity (Wildman–Crippen MR) is 80.9 cm³/mol. The summed E-state index contributed by atoms with van der Waals surface area (Å²) in [6, 6.07) is 0.461. The summed E-state index contributed by atoms with van der Waals surface area (Å²) in [5.41, 5.74) is 0. The molecule has 1 saturated heterocycles. The van der Waals surface area contributed by atoms with E-state index in [2.05, 4.69) is 23.5 Å². The molecule has 20 heavy (non-hydrogen) atoms. The van der Waals surface area contributed by atoms with E-state index < -0.39 is 10.2 Å². The summed E-state index contributed by atoms with van der Waals surface area (Å²) in [4.78, 5) is 2.37. The first-order valence-electron chi connectivity index (χ1n) is 7.41. The van der Waals surface area contributed by atoms with E-state index in [4.69, 9.17) is 4.74 Å². The van der Waals surface area contributed by atoms with Gasteiger partial charge in [0.15, 0.2) is 0 Å². The fourth-order valence-electron chi connectivity index (χ4n) is 2.66. The molecule has 2 atom stereocenters. The van der Waals surface area contributed by atoms with Gasteiger partial charge in [0.05, 0.1) is 0 Å². The van der Waals surface area contributed by atoms with E-state index in [1.54, 1.807) is 11.4 Å². The van der Waals surface area contributed by atoms with Crippen molar-refractivity contribution in [3.63, 3.8) is 0 Å². The maximum Gasteiger partial charge on any atom is 0.279 e. The van der Waals surface area contributed by atoms with Crippen LogP contribution in [0.2, 0.25) is 0 Å². The second kappa shape index (κ2) is 8.29. The third kappa shape index (κ3) is 4.96. The van der Waals surface area contributed by atoms with E-state index >= 15 is 0 Å². The van der Waals surface area contributed by atoms with Crippen LogP contribution < -0.4 is 4.72 Å². The third-order valence-corrected chi connectivity index (χ3v) is 5.25. The third-order valence-electron chi connectivity index (χ3n) is 3.71. The minimum atomic E-state index is -3.33. The molecular weight excluding hydrogens is 278 g/mol. The van der Waals surface area contributed by atoms with Crippen molar-refractivity contribution in [3.8, 4) is 0 Å². The van der Waals surface area contributed by atoms with Gasteiger partial charge in [-0.1, -0.05) is 6.92 Å². The van der Waals surface area contributed by atoms with Crippen LogP contribution in [0.15, 0.2) is 0 Å². The minimum Gasteiger partial charge on any atom is -0.385 e. The summed E-state index contributed by atoms with van der Waals surface area (Å²) >= 11 is 0. The Balaban J connectivity index is 2.58. The molecule has 0 bridgehead atoms. The second-order valence-electron chi connectivity index (χ2n) is 5.50. The van der Waals surface area contributed by atoms with Crippen molar-refractivity contribution < 1.29 is 13.2 Å². The maximum absolute atomic E-state index is 12.2. The van der Waals surface area contributed by atoms with Gasteiger partial charge in [0.1, 0.15) is 0 Å². The molecule has 1 aliphatic heterocycles. The van der Waals surface area contributed by atoms with Crippen LogP contribution in [0.4, 0.5) is 0 Å². The van der Waals surface area contributed by atoms with Crippen LogP contribution in [0, 0.1) is 0 Å². The van der Waals surface area contributed by atoms with E-state index in [0.29, 0.717) is 19.6 Å². The van der Waals surface area contributed by atoms with Crippen LogP contribution >= 0.6 is 0 Å². The molecular formula is C13H29N3O3S. The van der Waals surface area contributed by atoms with Gasteiger partial charge in [-0.15, -0.1) is 0 Å². The number of ether oxygens (including phenoxy) is 1. The summed E-state index contributed by atoms with van der Waals surface area (Å²) in [7, 11) is -1.62. The van der Waals surface area contributed by atoms with Crippen LogP contribution in [-0.2, 0) is 14.9 Å². The SMILES string of the molecule is CCCNS(=O)(=O)N1CC(C)N(CCCOC)C(C)C1. The van der Waals surface area contributed by atoms with E-state index in [-0.39, 0.29) is 12.1 Å². The summed E-state index contributed by atoms with van der Waals surface area (Å²) in [5.74, 6) is 0. The summed E-state index contributed by atoms with van der Waals surface area (Å²) < 4.78 is 33.7. The van der Waals surface area contributed by atoms with Crippen LogP contribution in [0.5, 0.6) is 0 Å². The number of nitrogens with zero attached hydrogens (tertiary/aromatic N) is 2. The number of hydrogen-bond donors (Lipinski definition) is 1. The largest absolute Gasteiger partial charge is 0.385 e. The molecule has 120 valence electrons. The molecule has 0 spiro atoms. The quantitative estimate of drug-likeness (QED) is 0.669. The number of methoxy groups -OCH3 is 1. The van der Waals surface area contributed by atoms with Gasteiger partial charge in [0.25, 0.3) is 10.2 Å². The smallest absolute Gasteiger partial charge is 0.279 e. The number of hydrogen-bond acceptors (Lipinski definition) is 4. The van der Waals surface area contributed by atoms with Crippen molar-refractivity contribution in [1.82, 2.24) is 13.9 Å². The monoisotopic (exact) mass is 307 g/mol. The van der Waals surface area contributed by atoms with E-state index in [0.717, 1.165) is 26.0 Å². The Kier molecular flexibility index (Phi) is 7.39. The lowest BCUT2D eigenvalue weighted by Gasteiger charge is -2.43. The molecule has 1 heterocycles. The molecule has 1 fully saturated rings. The van der Waals surface area contributed by atoms with Crippen LogP contribution in [0.1, 0.15) is 33.6 Å². The average Bonchev–Trinajstić information content (AvgIpc) is 2.39. The predicted octanol–water partition coefficient (Wildman–Crippen LogP) is 0.662. The molecule has 0 aromatic rings. The van der Waals surface area contributed by atoms with Crippen molar-refractivity contribution in [2.75, 3.05) is 39.9 Å². The Morgan fingerprint density at radius 3 is 2.35 bits per heavy atom. The number of piperazine rings is 1. The fourth-order valence-corrected chi connectivity index (χ4v) is 4.13. The van der Waals surface area contributed by atoms with Crippen LogP contribution in [-0.4, -0.2) is 69.6 Å². The number of rotatable bonds is 8. The lowest BCUT2D eigenvalue weighted by Crippen LogP contribution is -2.59. The molecule has 0 saturated carbocycles. The highest BCUT2D eigenvalue weighted by Gasteiger charge is 2.34. The normalized spacial score (nSPS) is 26.0. The van der Waals surface area contributed by atoms with Crippen LogP contribution in [0.3, 0.4) is 0 Å². The highest BCUT2D eigenvalue weighted by atomic mass is 32.2. The lowest BCUT2D eigenvalue weighted by atomic mass is 10.1.